The lowest BCUT2D eigenvalue weighted by Crippen LogP contribution is -2.33. The van der Waals surface area contributed by atoms with Crippen LogP contribution in [0.3, 0.4) is 0 Å². The summed E-state index contributed by atoms with van der Waals surface area (Å²) >= 11 is 0. The molecule has 0 saturated carbocycles. The minimum Gasteiger partial charge on any atom is -0.260 e. The number of benzene rings is 1. The van der Waals surface area contributed by atoms with E-state index in [0.29, 0.717) is 5.92 Å². The Bertz CT molecular complexity index is 1090. The highest BCUT2D eigenvalue weighted by Crippen LogP contribution is 2.36. The molecule has 0 atom stereocenters. The number of allylic oxidation sites excluding steroid dienone is 1. The third-order valence-electron chi connectivity index (χ3n) is 5.81. The van der Waals surface area contributed by atoms with Gasteiger partial charge in [-0.3, -0.25) is 4.98 Å². The minimum absolute atomic E-state index is 0.448. The van der Waals surface area contributed by atoms with E-state index in [2.05, 4.69) is 81.6 Å². The molecule has 142 valence electrons. The van der Waals surface area contributed by atoms with E-state index in [1.807, 2.05) is 12.5 Å². The predicted octanol–water partition coefficient (Wildman–Crippen LogP) is 5.11. The van der Waals surface area contributed by atoms with Crippen LogP contribution >= 0.6 is 0 Å². The molecule has 0 fully saturated rings. The molecule has 4 rings (SSSR count). The van der Waals surface area contributed by atoms with E-state index < -0.39 is 0 Å². The monoisotopic (exact) mass is 370 g/mol. The molecule has 3 nitrogen and oxygen atoms in total. The number of fused-ring (bicyclic) bond motifs is 1. The van der Waals surface area contributed by atoms with Crippen molar-refractivity contribution in [1.29, 1.82) is 0 Å². The van der Waals surface area contributed by atoms with Gasteiger partial charge in [-0.15, -0.1) is 0 Å². The maximum absolute atomic E-state index is 4.71. The summed E-state index contributed by atoms with van der Waals surface area (Å²) in [5, 5.41) is 0. The van der Waals surface area contributed by atoms with E-state index in [4.69, 9.17) is 4.98 Å². The molecule has 1 aromatic carbocycles. The summed E-state index contributed by atoms with van der Waals surface area (Å²) < 4.78 is 2.16. The van der Waals surface area contributed by atoms with Crippen LogP contribution in [-0.4, -0.2) is 9.97 Å². The standard InChI is InChI=1S/C25H28N3/c1-15(2)23-8-7-19(13-26-23)20-11-22-24(12-20)27-14-28(6)25(22)21-10-16(3)9-17(4)18(21)5/h7-10,12-15H,11H2,1-6H3/q+1. The molecule has 3 aromatic rings. The average Bonchev–Trinajstić information content (AvgIpc) is 3.09. The van der Waals surface area contributed by atoms with E-state index in [1.54, 1.807) is 0 Å². The second kappa shape index (κ2) is 6.97. The fraction of sp³-hybridized carbons (Fsp3) is 0.320. The van der Waals surface area contributed by atoms with Gasteiger partial charge in [0.15, 0.2) is 5.69 Å². The van der Waals surface area contributed by atoms with Crippen LogP contribution in [0.2, 0.25) is 0 Å². The fourth-order valence-electron chi connectivity index (χ4n) is 4.08. The summed E-state index contributed by atoms with van der Waals surface area (Å²) in [7, 11) is 2.09. The van der Waals surface area contributed by atoms with Crippen molar-refractivity contribution in [2.45, 2.75) is 47.0 Å². The summed E-state index contributed by atoms with van der Waals surface area (Å²) in [6, 6.07) is 8.90. The van der Waals surface area contributed by atoms with Crippen LogP contribution in [0.15, 0.2) is 36.8 Å². The lowest BCUT2D eigenvalue weighted by atomic mass is 9.94. The van der Waals surface area contributed by atoms with Crippen LogP contribution in [0, 0.1) is 20.8 Å². The zero-order valence-electron chi connectivity index (χ0n) is 17.7. The van der Waals surface area contributed by atoms with E-state index in [1.165, 1.54) is 44.6 Å². The van der Waals surface area contributed by atoms with Gasteiger partial charge in [-0.05, 0) is 72.1 Å². The predicted molar refractivity (Wildman–Crippen MR) is 115 cm³/mol. The highest BCUT2D eigenvalue weighted by Gasteiger charge is 2.27. The summed E-state index contributed by atoms with van der Waals surface area (Å²) in [4.78, 5) is 9.36. The SMILES string of the molecule is Cc1cc(C)c(C)c(-c2c3c(nc[n+]2C)C=C(c2ccc(C(C)C)nc2)C3)c1. The van der Waals surface area contributed by atoms with Crippen LogP contribution < -0.4 is 4.57 Å². The Balaban J connectivity index is 1.78. The van der Waals surface area contributed by atoms with Gasteiger partial charge in [0.25, 0.3) is 6.33 Å². The summed E-state index contributed by atoms with van der Waals surface area (Å²) in [6.45, 7) is 10.9. The lowest BCUT2D eigenvalue weighted by Gasteiger charge is -2.13. The first-order valence-corrected chi connectivity index (χ1v) is 9.97. The Kier molecular flexibility index (Phi) is 4.62. The molecule has 0 amide bonds. The van der Waals surface area contributed by atoms with Crippen molar-refractivity contribution >= 4 is 11.6 Å². The largest absolute Gasteiger partial charge is 0.287 e. The minimum atomic E-state index is 0.448. The van der Waals surface area contributed by atoms with Gasteiger partial charge in [0.05, 0.1) is 12.6 Å². The third-order valence-corrected chi connectivity index (χ3v) is 5.81. The molecule has 0 N–H and O–H groups in total. The number of nitrogens with zero attached hydrogens (tertiary/aromatic N) is 3. The number of aryl methyl sites for hydroxylation is 3. The Labute approximate surface area is 167 Å². The van der Waals surface area contributed by atoms with E-state index in [0.717, 1.165) is 17.8 Å². The molecule has 0 saturated heterocycles. The number of aromatic nitrogens is 3. The Morgan fingerprint density at radius 1 is 1.04 bits per heavy atom. The highest BCUT2D eigenvalue weighted by molar-refractivity contribution is 5.89. The molecular formula is C25H28N3+. The van der Waals surface area contributed by atoms with Crippen LogP contribution in [0.25, 0.3) is 22.9 Å². The van der Waals surface area contributed by atoms with Crippen molar-refractivity contribution in [3.63, 3.8) is 0 Å². The zero-order chi connectivity index (χ0) is 20.0. The van der Waals surface area contributed by atoms with Crippen LogP contribution in [0.5, 0.6) is 0 Å². The maximum atomic E-state index is 4.71. The number of rotatable bonds is 3. The van der Waals surface area contributed by atoms with E-state index in [-0.39, 0.29) is 0 Å². The second-order valence-electron chi connectivity index (χ2n) is 8.30. The Morgan fingerprint density at radius 2 is 1.82 bits per heavy atom. The Morgan fingerprint density at radius 3 is 2.50 bits per heavy atom. The van der Waals surface area contributed by atoms with Crippen molar-refractivity contribution in [2.75, 3.05) is 0 Å². The molecule has 2 heterocycles. The number of pyridine rings is 1. The van der Waals surface area contributed by atoms with E-state index >= 15 is 0 Å². The van der Waals surface area contributed by atoms with Crippen LogP contribution in [0.1, 0.15) is 59.0 Å². The van der Waals surface area contributed by atoms with Crippen molar-refractivity contribution in [1.82, 2.24) is 9.97 Å². The maximum Gasteiger partial charge on any atom is 0.287 e. The molecule has 0 unspecified atom stereocenters. The van der Waals surface area contributed by atoms with Crippen molar-refractivity contribution in [3.05, 3.63) is 76.0 Å². The number of hydrogen-bond donors (Lipinski definition) is 0. The van der Waals surface area contributed by atoms with Gasteiger partial charge in [-0.2, -0.15) is 0 Å². The van der Waals surface area contributed by atoms with Crippen LogP contribution in [0.4, 0.5) is 0 Å². The topological polar surface area (TPSA) is 29.7 Å². The number of hydrogen-bond acceptors (Lipinski definition) is 2. The highest BCUT2D eigenvalue weighted by atomic mass is 15.0. The smallest absolute Gasteiger partial charge is 0.260 e. The lowest BCUT2D eigenvalue weighted by molar-refractivity contribution is -0.663. The molecule has 3 heteroatoms. The summed E-state index contributed by atoms with van der Waals surface area (Å²) in [5.74, 6) is 0.448. The second-order valence-corrected chi connectivity index (χ2v) is 8.30. The molecule has 0 aliphatic heterocycles. The van der Waals surface area contributed by atoms with Gasteiger partial charge in [-0.25, -0.2) is 4.57 Å². The van der Waals surface area contributed by atoms with Gasteiger partial charge in [0.1, 0.15) is 5.69 Å². The van der Waals surface area contributed by atoms with Crippen molar-refractivity contribution in [3.8, 4) is 11.3 Å². The first-order valence-electron chi connectivity index (χ1n) is 9.97. The summed E-state index contributed by atoms with van der Waals surface area (Å²) in [5.41, 5.74) is 12.5. The molecule has 0 bridgehead atoms. The quantitative estimate of drug-likeness (QED) is 0.599. The van der Waals surface area contributed by atoms with Gasteiger partial charge >= 0.3 is 0 Å². The molecule has 28 heavy (non-hydrogen) atoms. The van der Waals surface area contributed by atoms with Crippen molar-refractivity contribution < 1.29 is 4.57 Å². The normalized spacial score (nSPS) is 13.0. The van der Waals surface area contributed by atoms with Gasteiger partial charge < -0.3 is 0 Å². The fourth-order valence-corrected chi connectivity index (χ4v) is 4.08. The van der Waals surface area contributed by atoms with Gasteiger partial charge in [0, 0.05) is 23.9 Å². The van der Waals surface area contributed by atoms with Crippen LogP contribution in [-0.2, 0) is 13.5 Å². The third kappa shape index (κ3) is 3.15. The molecule has 1 aliphatic carbocycles. The molecule has 2 aromatic heterocycles. The average molecular weight is 371 g/mol. The first-order chi connectivity index (χ1) is 13.3. The molecular weight excluding hydrogens is 342 g/mol. The Hall–Kier alpha value is -2.81. The summed E-state index contributed by atoms with van der Waals surface area (Å²) in [6.07, 6.45) is 7.06. The zero-order valence-corrected chi connectivity index (χ0v) is 17.7. The van der Waals surface area contributed by atoms with E-state index in [9.17, 15) is 0 Å². The first kappa shape index (κ1) is 18.5. The van der Waals surface area contributed by atoms with Gasteiger partial charge in [-0.1, -0.05) is 31.5 Å². The molecule has 0 radical (unpaired) electrons. The molecule has 1 aliphatic rings. The van der Waals surface area contributed by atoms with Crippen molar-refractivity contribution in [2.24, 2.45) is 7.05 Å². The van der Waals surface area contributed by atoms with Gasteiger partial charge in [0.2, 0.25) is 0 Å². The molecule has 0 spiro atoms.